The van der Waals surface area contributed by atoms with E-state index in [1.54, 1.807) is 20.8 Å². The van der Waals surface area contributed by atoms with Crippen molar-refractivity contribution >= 4 is 23.9 Å². The molecule has 2 atom stereocenters. The van der Waals surface area contributed by atoms with Crippen LogP contribution in [0.1, 0.15) is 92.9 Å². The Morgan fingerprint density at radius 2 is 1.42 bits per heavy atom. The van der Waals surface area contributed by atoms with Gasteiger partial charge >= 0.3 is 12.1 Å². The second-order valence-corrected chi connectivity index (χ2v) is 10.4. The summed E-state index contributed by atoms with van der Waals surface area (Å²) in [5, 5.41) is 8.15. The summed E-state index contributed by atoms with van der Waals surface area (Å²) in [7, 11) is 1.33. The van der Waals surface area contributed by atoms with Gasteiger partial charge in [-0.3, -0.25) is 9.59 Å². The van der Waals surface area contributed by atoms with Crippen LogP contribution in [0.4, 0.5) is 4.79 Å². The van der Waals surface area contributed by atoms with E-state index >= 15 is 0 Å². The van der Waals surface area contributed by atoms with Gasteiger partial charge in [-0.25, -0.2) is 9.59 Å². The van der Waals surface area contributed by atoms with Gasteiger partial charge in [-0.05, 0) is 52.9 Å². The van der Waals surface area contributed by atoms with Crippen LogP contribution in [0.25, 0.3) is 0 Å². The highest BCUT2D eigenvalue weighted by atomic mass is 16.6. The lowest BCUT2D eigenvalue weighted by Crippen LogP contribution is -2.61. The number of nitrogens with one attached hydrogen (secondary N) is 3. The lowest BCUT2D eigenvalue weighted by Gasteiger charge is -2.35. The highest BCUT2D eigenvalue weighted by Gasteiger charge is 2.42. The standard InChI is InChI=1S/C24H43N3O6/c1-16(2)15-18(26-19(28)17(3)25-22(31)33-23(4,5)6)20(29)27-24(21(30)32-7)13-11-9-8-10-12-14-24/h16-18H,8-15H2,1-7H3,(H,25,31)(H,26,28)(H,27,29)/t17-,18-/m0/s1. The maximum atomic E-state index is 13.3. The van der Waals surface area contributed by atoms with Gasteiger partial charge in [0.15, 0.2) is 0 Å². The van der Waals surface area contributed by atoms with Crippen molar-refractivity contribution in [1.82, 2.24) is 16.0 Å². The summed E-state index contributed by atoms with van der Waals surface area (Å²) in [5.41, 5.74) is -1.78. The molecule has 1 saturated carbocycles. The second kappa shape index (κ2) is 12.8. The van der Waals surface area contributed by atoms with Gasteiger partial charge in [0.05, 0.1) is 7.11 Å². The Balaban J connectivity index is 2.94. The number of hydrogen-bond acceptors (Lipinski definition) is 6. The Morgan fingerprint density at radius 1 is 0.879 bits per heavy atom. The highest BCUT2D eigenvalue weighted by molar-refractivity contribution is 5.94. The van der Waals surface area contributed by atoms with Crippen LogP contribution in [0.15, 0.2) is 0 Å². The van der Waals surface area contributed by atoms with Crippen LogP contribution in [0.5, 0.6) is 0 Å². The molecular formula is C24H43N3O6. The average molecular weight is 470 g/mol. The predicted octanol–water partition coefficient (Wildman–Crippen LogP) is 3.20. The summed E-state index contributed by atoms with van der Waals surface area (Å²) < 4.78 is 10.2. The zero-order chi connectivity index (χ0) is 25.2. The topological polar surface area (TPSA) is 123 Å². The third-order valence-corrected chi connectivity index (χ3v) is 5.61. The number of carbonyl (C=O) groups is 4. The third kappa shape index (κ3) is 10.0. The normalized spacial score (nSPS) is 18.2. The van der Waals surface area contributed by atoms with Gasteiger partial charge in [-0.2, -0.15) is 0 Å². The van der Waals surface area contributed by atoms with E-state index in [1.807, 2.05) is 13.8 Å². The first-order valence-electron chi connectivity index (χ1n) is 12.0. The number of ether oxygens (including phenoxy) is 2. The molecule has 0 radical (unpaired) electrons. The summed E-state index contributed by atoms with van der Waals surface area (Å²) in [4.78, 5) is 50.8. The van der Waals surface area contributed by atoms with Gasteiger partial charge in [0.2, 0.25) is 11.8 Å². The second-order valence-electron chi connectivity index (χ2n) is 10.4. The van der Waals surface area contributed by atoms with Crippen LogP contribution in [-0.4, -0.2) is 54.2 Å². The number of esters is 1. The van der Waals surface area contributed by atoms with Gasteiger partial charge in [-0.1, -0.05) is 46.0 Å². The van der Waals surface area contributed by atoms with Crippen LogP contribution < -0.4 is 16.0 Å². The highest BCUT2D eigenvalue weighted by Crippen LogP contribution is 2.28. The van der Waals surface area contributed by atoms with Crippen molar-refractivity contribution in [2.45, 2.75) is 116 Å². The fourth-order valence-corrected chi connectivity index (χ4v) is 3.96. The van der Waals surface area contributed by atoms with Crippen LogP contribution >= 0.6 is 0 Å². The van der Waals surface area contributed by atoms with Gasteiger partial charge in [0.25, 0.3) is 0 Å². The average Bonchev–Trinajstić information content (AvgIpc) is 2.66. The Morgan fingerprint density at radius 3 is 1.91 bits per heavy atom. The van der Waals surface area contributed by atoms with Crippen molar-refractivity contribution in [3.63, 3.8) is 0 Å². The van der Waals surface area contributed by atoms with Crippen molar-refractivity contribution in [2.24, 2.45) is 5.92 Å². The molecule has 0 aromatic heterocycles. The molecule has 9 heteroatoms. The summed E-state index contributed by atoms with van der Waals surface area (Å²) in [6, 6.07) is -1.76. The Bertz CT molecular complexity index is 678. The molecule has 0 spiro atoms. The molecule has 0 bridgehead atoms. The molecule has 3 amide bonds. The Hall–Kier alpha value is -2.32. The maximum Gasteiger partial charge on any atom is 0.408 e. The van der Waals surface area contributed by atoms with Gasteiger partial charge in [0, 0.05) is 0 Å². The number of alkyl carbamates (subject to hydrolysis) is 1. The van der Waals surface area contributed by atoms with Crippen molar-refractivity contribution in [2.75, 3.05) is 7.11 Å². The van der Waals surface area contributed by atoms with Crippen molar-refractivity contribution in [3.8, 4) is 0 Å². The summed E-state index contributed by atoms with van der Waals surface area (Å²) >= 11 is 0. The molecule has 0 unspecified atom stereocenters. The van der Waals surface area contributed by atoms with Crippen LogP contribution in [-0.2, 0) is 23.9 Å². The zero-order valence-corrected chi connectivity index (χ0v) is 21.3. The molecule has 0 saturated heterocycles. The van der Waals surface area contributed by atoms with Crippen molar-refractivity contribution in [1.29, 1.82) is 0 Å². The van der Waals surface area contributed by atoms with E-state index in [9.17, 15) is 19.2 Å². The summed E-state index contributed by atoms with van der Waals surface area (Å²) in [5.74, 6) is -1.27. The van der Waals surface area contributed by atoms with E-state index in [0.29, 0.717) is 19.3 Å². The number of hydrogen-bond donors (Lipinski definition) is 3. The predicted molar refractivity (Wildman–Crippen MR) is 125 cm³/mol. The van der Waals surface area contributed by atoms with Crippen LogP contribution in [0, 0.1) is 5.92 Å². The molecule has 1 rings (SSSR count). The van der Waals surface area contributed by atoms with Crippen LogP contribution in [0.3, 0.4) is 0 Å². The van der Waals surface area contributed by atoms with E-state index in [2.05, 4.69) is 16.0 Å². The minimum atomic E-state index is -1.09. The Labute approximate surface area is 198 Å². The van der Waals surface area contributed by atoms with Gasteiger partial charge < -0.3 is 25.4 Å². The van der Waals surface area contributed by atoms with Crippen molar-refractivity contribution < 1.29 is 28.7 Å². The fourth-order valence-electron chi connectivity index (χ4n) is 3.96. The van der Waals surface area contributed by atoms with Gasteiger partial charge in [0.1, 0.15) is 23.2 Å². The summed E-state index contributed by atoms with van der Waals surface area (Å²) in [6.45, 7) is 10.6. The maximum absolute atomic E-state index is 13.3. The molecule has 0 aromatic rings. The molecule has 33 heavy (non-hydrogen) atoms. The number of carbonyl (C=O) groups excluding carboxylic acids is 4. The largest absolute Gasteiger partial charge is 0.467 e. The minimum absolute atomic E-state index is 0.113. The lowest BCUT2D eigenvalue weighted by molar-refractivity contribution is -0.152. The first-order valence-corrected chi connectivity index (χ1v) is 12.0. The fraction of sp³-hybridized carbons (Fsp3) is 0.833. The van der Waals surface area contributed by atoms with E-state index < -0.39 is 47.1 Å². The number of methoxy groups -OCH3 is 1. The van der Waals surface area contributed by atoms with Gasteiger partial charge in [-0.15, -0.1) is 0 Å². The molecular weight excluding hydrogens is 426 g/mol. The Kier molecular flexibility index (Phi) is 11.1. The van der Waals surface area contributed by atoms with E-state index in [-0.39, 0.29) is 5.92 Å². The smallest absolute Gasteiger partial charge is 0.408 e. The molecule has 0 heterocycles. The number of amides is 3. The molecule has 1 fully saturated rings. The van der Waals surface area contributed by atoms with Crippen LogP contribution in [0.2, 0.25) is 0 Å². The van der Waals surface area contributed by atoms with E-state index in [4.69, 9.17) is 9.47 Å². The summed E-state index contributed by atoms with van der Waals surface area (Å²) in [6.07, 6.45) is 5.40. The van der Waals surface area contributed by atoms with E-state index in [1.165, 1.54) is 14.0 Å². The molecule has 1 aliphatic carbocycles. The first-order chi connectivity index (χ1) is 15.3. The number of rotatable bonds is 8. The van der Waals surface area contributed by atoms with Crippen molar-refractivity contribution in [3.05, 3.63) is 0 Å². The molecule has 0 aliphatic heterocycles. The molecule has 190 valence electrons. The SMILES string of the molecule is COC(=O)C1(NC(=O)[C@H](CC(C)C)NC(=O)[C@H](C)NC(=O)OC(C)(C)C)CCCCCCC1. The van der Waals surface area contributed by atoms with E-state index in [0.717, 1.165) is 32.1 Å². The molecule has 9 nitrogen and oxygen atoms in total. The third-order valence-electron chi connectivity index (χ3n) is 5.61. The zero-order valence-electron chi connectivity index (χ0n) is 21.3. The minimum Gasteiger partial charge on any atom is -0.467 e. The lowest BCUT2D eigenvalue weighted by atomic mass is 9.83. The molecule has 3 N–H and O–H groups in total. The first kappa shape index (κ1) is 28.7. The molecule has 0 aromatic carbocycles. The monoisotopic (exact) mass is 469 g/mol. The molecule has 1 aliphatic rings. The quantitative estimate of drug-likeness (QED) is 0.469.